The number of hydrogen-bond donors (Lipinski definition) is 1. The number of aliphatic hydroxyl groups is 1. The van der Waals surface area contributed by atoms with Crippen molar-refractivity contribution >= 4 is 23.2 Å². The molecule has 0 fully saturated rings. The van der Waals surface area contributed by atoms with E-state index in [0.717, 1.165) is 17.0 Å². The van der Waals surface area contributed by atoms with Gasteiger partial charge in [-0.05, 0) is 24.6 Å². The van der Waals surface area contributed by atoms with Crippen LogP contribution < -0.4 is 0 Å². The maximum absolute atomic E-state index is 10.2. The fourth-order valence-corrected chi connectivity index (χ4v) is 2.36. The van der Waals surface area contributed by atoms with Crippen LogP contribution in [0.25, 0.3) is 0 Å². The van der Waals surface area contributed by atoms with Crippen LogP contribution in [-0.2, 0) is 13.5 Å². The van der Waals surface area contributed by atoms with Crippen LogP contribution in [0.1, 0.15) is 23.1 Å². The summed E-state index contributed by atoms with van der Waals surface area (Å²) in [6, 6.07) is 7.28. The molecule has 0 saturated carbocycles. The van der Waals surface area contributed by atoms with Crippen LogP contribution in [-0.4, -0.2) is 14.9 Å². The van der Waals surface area contributed by atoms with Crippen LogP contribution in [0.3, 0.4) is 0 Å². The van der Waals surface area contributed by atoms with Gasteiger partial charge in [-0.3, -0.25) is 4.68 Å². The fraction of sp³-hybridized carbons (Fsp3) is 0.308. The van der Waals surface area contributed by atoms with Crippen molar-refractivity contribution in [1.29, 1.82) is 0 Å². The molecule has 1 aromatic carbocycles. The van der Waals surface area contributed by atoms with Gasteiger partial charge in [0.1, 0.15) is 0 Å². The van der Waals surface area contributed by atoms with E-state index in [1.54, 1.807) is 10.7 Å². The number of benzene rings is 1. The summed E-state index contributed by atoms with van der Waals surface area (Å²) in [7, 11) is 1.81. The Labute approximate surface area is 116 Å². The molecule has 0 aliphatic heterocycles. The van der Waals surface area contributed by atoms with E-state index in [1.165, 1.54) is 0 Å². The maximum atomic E-state index is 10.2. The molecule has 2 aromatic rings. The van der Waals surface area contributed by atoms with Gasteiger partial charge in [0.15, 0.2) is 0 Å². The predicted octanol–water partition coefficient (Wildman–Crippen LogP) is 3.31. The zero-order valence-corrected chi connectivity index (χ0v) is 11.7. The number of rotatable bonds is 3. The fourth-order valence-electron chi connectivity index (χ4n) is 1.96. The lowest BCUT2D eigenvalue weighted by Crippen LogP contribution is -2.08. The minimum Gasteiger partial charge on any atom is -0.386 e. The highest BCUT2D eigenvalue weighted by Gasteiger charge is 2.16. The van der Waals surface area contributed by atoms with Crippen molar-refractivity contribution in [2.45, 2.75) is 19.4 Å². The Morgan fingerprint density at radius 1 is 1.39 bits per heavy atom. The monoisotopic (exact) mass is 284 g/mol. The van der Waals surface area contributed by atoms with E-state index in [0.29, 0.717) is 16.5 Å². The van der Waals surface area contributed by atoms with E-state index < -0.39 is 6.10 Å². The summed E-state index contributed by atoms with van der Waals surface area (Å²) in [5.74, 6) is 0. The molecule has 1 atom stereocenters. The number of aryl methyl sites for hydroxylation is 2. The lowest BCUT2D eigenvalue weighted by molar-refractivity contribution is 0.168. The Balaban J connectivity index is 2.24. The molecule has 1 aromatic heterocycles. The van der Waals surface area contributed by atoms with Gasteiger partial charge in [-0.25, -0.2) is 0 Å². The average Bonchev–Trinajstić information content (AvgIpc) is 2.64. The topological polar surface area (TPSA) is 38.0 Å². The van der Waals surface area contributed by atoms with Gasteiger partial charge >= 0.3 is 0 Å². The van der Waals surface area contributed by atoms with E-state index in [9.17, 15) is 5.11 Å². The second-order valence-electron chi connectivity index (χ2n) is 4.27. The van der Waals surface area contributed by atoms with Crippen molar-refractivity contribution in [3.63, 3.8) is 0 Å². The molecule has 18 heavy (non-hydrogen) atoms. The van der Waals surface area contributed by atoms with Gasteiger partial charge in [0, 0.05) is 13.5 Å². The van der Waals surface area contributed by atoms with Crippen LogP contribution in [0.5, 0.6) is 0 Å². The molecule has 1 unspecified atom stereocenters. The van der Waals surface area contributed by atoms with Crippen molar-refractivity contribution in [1.82, 2.24) is 9.78 Å². The Morgan fingerprint density at radius 2 is 2.11 bits per heavy atom. The first kappa shape index (κ1) is 13.4. The number of hydrogen-bond acceptors (Lipinski definition) is 2. The number of aromatic nitrogens is 2. The molecule has 0 aliphatic carbocycles. The highest BCUT2D eigenvalue weighted by Crippen LogP contribution is 2.29. The minimum atomic E-state index is -0.646. The van der Waals surface area contributed by atoms with E-state index in [-0.39, 0.29) is 0 Å². The molecule has 0 amide bonds. The lowest BCUT2D eigenvalue weighted by Gasteiger charge is -2.12. The molecule has 3 nitrogen and oxygen atoms in total. The molecule has 0 aliphatic rings. The van der Waals surface area contributed by atoms with Crippen LogP contribution in [0.4, 0.5) is 0 Å². The van der Waals surface area contributed by atoms with Crippen LogP contribution in [0, 0.1) is 6.92 Å². The van der Waals surface area contributed by atoms with Crippen molar-refractivity contribution in [3.05, 3.63) is 51.3 Å². The maximum Gasteiger partial charge on any atom is 0.0997 e. The van der Waals surface area contributed by atoms with E-state index in [4.69, 9.17) is 23.2 Å². The first-order valence-corrected chi connectivity index (χ1v) is 6.36. The zero-order chi connectivity index (χ0) is 13.3. The summed E-state index contributed by atoms with van der Waals surface area (Å²) in [4.78, 5) is 0. The number of aliphatic hydroxyl groups excluding tert-OH is 1. The van der Waals surface area contributed by atoms with Gasteiger partial charge < -0.3 is 5.11 Å². The molecule has 5 heteroatoms. The van der Waals surface area contributed by atoms with E-state index in [2.05, 4.69) is 5.10 Å². The smallest absolute Gasteiger partial charge is 0.0997 e. The molecule has 1 N–H and O–H groups in total. The summed E-state index contributed by atoms with van der Waals surface area (Å²) in [5, 5.41) is 15.4. The van der Waals surface area contributed by atoms with Gasteiger partial charge in [0.2, 0.25) is 0 Å². The molecule has 2 rings (SSSR count). The Morgan fingerprint density at radius 3 is 2.72 bits per heavy atom. The number of nitrogens with zero attached hydrogens (tertiary/aromatic N) is 2. The molecule has 0 saturated heterocycles. The van der Waals surface area contributed by atoms with Crippen molar-refractivity contribution in [3.8, 4) is 0 Å². The molecule has 0 bridgehead atoms. The molecule has 0 radical (unpaired) electrons. The summed E-state index contributed by atoms with van der Waals surface area (Å²) >= 11 is 12.1. The molecular weight excluding hydrogens is 271 g/mol. The third kappa shape index (κ3) is 2.69. The third-order valence-corrected chi connectivity index (χ3v) is 3.68. The molecule has 1 heterocycles. The van der Waals surface area contributed by atoms with Gasteiger partial charge in [-0.1, -0.05) is 35.3 Å². The predicted molar refractivity (Wildman–Crippen MR) is 73.1 cm³/mol. The highest BCUT2D eigenvalue weighted by molar-refractivity contribution is 6.42. The standard InChI is InChI=1S/C13H14Cl2N2O/c1-8-6-11(17(2)16-8)12(18)7-9-4-3-5-10(14)13(9)15/h3-6,12,18H,7H2,1-2H3. The SMILES string of the molecule is Cc1cc(C(O)Cc2cccc(Cl)c2Cl)n(C)n1. The largest absolute Gasteiger partial charge is 0.386 e. The van der Waals surface area contributed by atoms with Gasteiger partial charge in [0.05, 0.1) is 27.5 Å². The summed E-state index contributed by atoms with van der Waals surface area (Å²) < 4.78 is 1.68. The minimum absolute atomic E-state index is 0.415. The normalized spacial score (nSPS) is 12.7. The summed E-state index contributed by atoms with van der Waals surface area (Å²) in [6.45, 7) is 1.89. The lowest BCUT2D eigenvalue weighted by atomic mass is 10.1. The van der Waals surface area contributed by atoms with Gasteiger partial charge in [0.25, 0.3) is 0 Å². The van der Waals surface area contributed by atoms with Crippen molar-refractivity contribution in [2.24, 2.45) is 7.05 Å². The number of halogens is 2. The Hall–Kier alpha value is -1.03. The Bertz CT molecular complexity index is 566. The van der Waals surface area contributed by atoms with Gasteiger partial charge in [-0.15, -0.1) is 0 Å². The van der Waals surface area contributed by atoms with Crippen molar-refractivity contribution in [2.75, 3.05) is 0 Å². The van der Waals surface area contributed by atoms with Crippen LogP contribution in [0.15, 0.2) is 24.3 Å². The second-order valence-corrected chi connectivity index (χ2v) is 5.05. The summed E-state index contributed by atoms with van der Waals surface area (Å²) in [6.07, 6.45) is -0.231. The van der Waals surface area contributed by atoms with Gasteiger partial charge in [-0.2, -0.15) is 5.10 Å². The zero-order valence-electron chi connectivity index (χ0n) is 10.2. The molecule has 0 spiro atoms. The van der Waals surface area contributed by atoms with Crippen molar-refractivity contribution < 1.29 is 5.11 Å². The quantitative estimate of drug-likeness (QED) is 0.939. The first-order valence-electron chi connectivity index (χ1n) is 5.60. The van der Waals surface area contributed by atoms with E-state index in [1.807, 2.05) is 32.2 Å². The third-order valence-electron chi connectivity index (χ3n) is 2.82. The second kappa shape index (κ2) is 5.31. The van der Waals surface area contributed by atoms with Crippen LogP contribution in [0.2, 0.25) is 10.0 Å². The highest BCUT2D eigenvalue weighted by atomic mass is 35.5. The van der Waals surface area contributed by atoms with E-state index >= 15 is 0 Å². The Kier molecular flexibility index (Phi) is 3.95. The van der Waals surface area contributed by atoms with Crippen LogP contribution >= 0.6 is 23.2 Å². The summed E-state index contributed by atoms with van der Waals surface area (Å²) in [5.41, 5.74) is 2.47. The molecular formula is C13H14Cl2N2O. The first-order chi connectivity index (χ1) is 8.49. The average molecular weight is 285 g/mol. The molecule has 96 valence electrons.